The first-order chi connectivity index (χ1) is 14.1. The first-order valence-electron chi connectivity index (χ1n) is 10.7. The van der Waals surface area contributed by atoms with Gasteiger partial charge in [-0.2, -0.15) is 0 Å². The quantitative estimate of drug-likeness (QED) is 0.594. The molecule has 0 amide bonds. The average Bonchev–Trinajstić information content (AvgIpc) is 3.19. The zero-order chi connectivity index (χ0) is 23.0. The largest absolute Gasteiger partial charge is 0.414 e. The number of anilines is 1. The normalized spacial score (nSPS) is 34.8. The van der Waals surface area contributed by atoms with E-state index in [2.05, 4.69) is 49.2 Å². The molecule has 3 aliphatic heterocycles. The van der Waals surface area contributed by atoms with Crippen LogP contribution in [0.3, 0.4) is 0 Å². The third kappa shape index (κ3) is 3.70. The van der Waals surface area contributed by atoms with E-state index in [0.29, 0.717) is 18.1 Å². The molecule has 1 aromatic heterocycles. The van der Waals surface area contributed by atoms with E-state index < -0.39 is 32.2 Å². The van der Waals surface area contributed by atoms with Crippen molar-refractivity contribution >= 4 is 20.1 Å². The maximum Gasteiger partial charge on any atom is 0.197 e. The SMILES string of the molecule is CC1(C)O[C@@H]2[C@@H](CO[Si](C)(C)C(C)(C)C)O[C@@H](n3cnc4c3NC(N)=NC4O)[C@]2(C)O1. The molecule has 0 radical (unpaired) electrons. The monoisotopic (exact) mass is 453 g/mol. The van der Waals surface area contributed by atoms with Crippen molar-refractivity contribution < 1.29 is 23.7 Å². The predicted molar refractivity (Wildman–Crippen MR) is 118 cm³/mol. The summed E-state index contributed by atoms with van der Waals surface area (Å²) in [4.78, 5) is 8.24. The second-order valence-corrected chi connectivity index (χ2v) is 15.5. The highest BCUT2D eigenvalue weighted by molar-refractivity contribution is 6.74. The molecule has 2 fully saturated rings. The summed E-state index contributed by atoms with van der Waals surface area (Å²) in [5, 5.41) is 13.3. The van der Waals surface area contributed by atoms with E-state index in [1.165, 1.54) is 0 Å². The molecule has 0 saturated carbocycles. The maximum atomic E-state index is 10.2. The van der Waals surface area contributed by atoms with Crippen LogP contribution in [0.15, 0.2) is 11.3 Å². The number of nitrogens with two attached hydrogens (primary N) is 1. The van der Waals surface area contributed by atoms with E-state index in [1.54, 1.807) is 10.9 Å². The molecule has 0 bridgehead atoms. The Kier molecular flexibility index (Phi) is 5.12. The highest BCUT2D eigenvalue weighted by atomic mass is 28.4. The number of rotatable bonds is 4. The van der Waals surface area contributed by atoms with Crippen LogP contribution in [-0.2, 0) is 18.6 Å². The summed E-state index contributed by atoms with van der Waals surface area (Å²) in [7, 11) is -1.98. The third-order valence-electron chi connectivity index (χ3n) is 6.81. The minimum absolute atomic E-state index is 0.0843. The lowest BCUT2D eigenvalue weighted by Crippen LogP contribution is -2.46. The van der Waals surface area contributed by atoms with Gasteiger partial charge in [0, 0.05) is 0 Å². The van der Waals surface area contributed by atoms with Gasteiger partial charge in [0.05, 0.1) is 12.9 Å². The maximum absolute atomic E-state index is 10.2. The summed E-state index contributed by atoms with van der Waals surface area (Å²) in [6.45, 7) is 17.2. The Hall–Kier alpha value is -1.50. The predicted octanol–water partition coefficient (Wildman–Crippen LogP) is 2.44. The molecule has 0 aliphatic carbocycles. The lowest BCUT2D eigenvalue weighted by atomic mass is 9.96. The van der Waals surface area contributed by atoms with Crippen LogP contribution >= 0.6 is 0 Å². The fourth-order valence-corrected chi connectivity index (χ4v) is 5.25. The highest BCUT2D eigenvalue weighted by Crippen LogP contribution is 2.52. The molecule has 4 N–H and O–H groups in total. The van der Waals surface area contributed by atoms with Crippen LogP contribution in [0.25, 0.3) is 0 Å². The lowest BCUT2D eigenvalue weighted by Gasteiger charge is -2.37. The number of guanidine groups is 1. The number of nitrogens with zero attached hydrogens (tertiary/aromatic N) is 3. The molecule has 174 valence electrons. The summed E-state index contributed by atoms with van der Waals surface area (Å²) >= 11 is 0. The summed E-state index contributed by atoms with van der Waals surface area (Å²) in [6.07, 6.45) is -0.752. The zero-order valence-electron chi connectivity index (χ0n) is 19.6. The van der Waals surface area contributed by atoms with Gasteiger partial charge >= 0.3 is 0 Å². The minimum atomic E-state index is -1.98. The summed E-state index contributed by atoms with van der Waals surface area (Å²) < 4.78 is 27.4. The Morgan fingerprint density at radius 3 is 2.65 bits per heavy atom. The van der Waals surface area contributed by atoms with Gasteiger partial charge in [-0.15, -0.1) is 0 Å². The van der Waals surface area contributed by atoms with Gasteiger partial charge in [-0.3, -0.25) is 4.57 Å². The van der Waals surface area contributed by atoms with Gasteiger partial charge in [-0.05, 0) is 38.9 Å². The standard InChI is InChI=1S/C20H35N5O5Si/c1-18(2,3)31(7,8)27-9-11-13-20(6,30-19(4,5)29-13)16(28-11)25-10-22-12-14(25)23-17(21)24-15(12)26/h10-11,13,15-16,26H,9H2,1-8H3,(H3,21,23,24)/t11-,13-,15?,16-,20-/m1/s1. The van der Waals surface area contributed by atoms with Crippen molar-refractivity contribution in [2.45, 2.75) is 95.7 Å². The number of aliphatic hydroxyl groups excluding tert-OH is 1. The van der Waals surface area contributed by atoms with Crippen molar-refractivity contribution in [2.75, 3.05) is 11.9 Å². The molecule has 11 heteroatoms. The second kappa shape index (κ2) is 7.00. The molecule has 2 saturated heterocycles. The summed E-state index contributed by atoms with van der Waals surface area (Å²) in [6, 6.07) is 0. The van der Waals surface area contributed by atoms with Crippen molar-refractivity contribution in [1.29, 1.82) is 0 Å². The molecule has 0 spiro atoms. The van der Waals surface area contributed by atoms with Crippen LogP contribution < -0.4 is 11.1 Å². The van der Waals surface area contributed by atoms with Gasteiger partial charge < -0.3 is 34.8 Å². The molecule has 3 aliphatic rings. The molecule has 0 aromatic carbocycles. The molecule has 4 rings (SSSR count). The molecule has 5 atom stereocenters. The lowest BCUT2D eigenvalue weighted by molar-refractivity contribution is -0.217. The second-order valence-electron chi connectivity index (χ2n) is 10.7. The topological polar surface area (TPSA) is 125 Å². The number of nitrogens with one attached hydrogen (secondary N) is 1. The van der Waals surface area contributed by atoms with Crippen LogP contribution in [0.2, 0.25) is 18.1 Å². The Balaban J connectivity index is 1.65. The van der Waals surface area contributed by atoms with Crippen molar-refractivity contribution in [1.82, 2.24) is 9.55 Å². The minimum Gasteiger partial charge on any atom is -0.414 e. The molecule has 10 nitrogen and oxygen atoms in total. The van der Waals surface area contributed by atoms with Crippen molar-refractivity contribution in [2.24, 2.45) is 10.7 Å². The van der Waals surface area contributed by atoms with Gasteiger partial charge in [0.2, 0.25) is 0 Å². The zero-order valence-corrected chi connectivity index (χ0v) is 20.6. The first-order valence-corrected chi connectivity index (χ1v) is 13.6. The van der Waals surface area contributed by atoms with Gasteiger partial charge in [-0.1, -0.05) is 20.8 Å². The smallest absolute Gasteiger partial charge is 0.197 e. The number of aromatic nitrogens is 2. The Labute approximate surface area is 184 Å². The number of aliphatic imine (C=N–C) groups is 1. The van der Waals surface area contributed by atoms with E-state index in [-0.39, 0.29) is 23.2 Å². The van der Waals surface area contributed by atoms with Gasteiger partial charge in [-0.25, -0.2) is 9.98 Å². The van der Waals surface area contributed by atoms with Crippen LogP contribution in [0.4, 0.5) is 5.82 Å². The van der Waals surface area contributed by atoms with Crippen LogP contribution in [0.5, 0.6) is 0 Å². The number of aliphatic hydroxyl groups is 1. The number of fused-ring (bicyclic) bond motifs is 2. The van der Waals surface area contributed by atoms with E-state index in [0.717, 1.165) is 0 Å². The van der Waals surface area contributed by atoms with E-state index >= 15 is 0 Å². The van der Waals surface area contributed by atoms with E-state index in [4.69, 9.17) is 24.4 Å². The molecule has 1 aromatic rings. The molecule has 4 heterocycles. The van der Waals surface area contributed by atoms with E-state index in [1.807, 2.05) is 20.8 Å². The van der Waals surface area contributed by atoms with Crippen LogP contribution in [-0.4, -0.2) is 59.1 Å². The van der Waals surface area contributed by atoms with Gasteiger partial charge in [0.15, 0.2) is 32.5 Å². The molecule has 31 heavy (non-hydrogen) atoms. The Morgan fingerprint density at radius 2 is 2.00 bits per heavy atom. The fraction of sp³-hybridized carbons (Fsp3) is 0.800. The van der Waals surface area contributed by atoms with Crippen molar-refractivity contribution in [3.05, 3.63) is 12.0 Å². The number of ether oxygens (including phenoxy) is 3. The Bertz CT molecular complexity index is 895. The fourth-order valence-electron chi connectivity index (χ4n) is 4.24. The van der Waals surface area contributed by atoms with Crippen LogP contribution in [0, 0.1) is 0 Å². The summed E-state index contributed by atoms with van der Waals surface area (Å²) in [5.41, 5.74) is 5.43. The Morgan fingerprint density at radius 1 is 1.32 bits per heavy atom. The first kappa shape index (κ1) is 22.7. The molecule has 1 unspecified atom stereocenters. The van der Waals surface area contributed by atoms with Crippen molar-refractivity contribution in [3.8, 4) is 0 Å². The van der Waals surface area contributed by atoms with Crippen molar-refractivity contribution in [3.63, 3.8) is 0 Å². The number of hydrogen-bond acceptors (Lipinski definition) is 9. The molecular weight excluding hydrogens is 418 g/mol. The van der Waals surface area contributed by atoms with Gasteiger partial charge in [0.25, 0.3) is 0 Å². The third-order valence-corrected chi connectivity index (χ3v) is 11.3. The summed E-state index contributed by atoms with van der Waals surface area (Å²) in [5.74, 6) is -0.127. The number of hydrogen-bond donors (Lipinski definition) is 3. The highest BCUT2D eigenvalue weighted by Gasteiger charge is 2.64. The molecular formula is C20H35N5O5Si. The van der Waals surface area contributed by atoms with Crippen LogP contribution in [0.1, 0.15) is 59.7 Å². The van der Waals surface area contributed by atoms with E-state index in [9.17, 15) is 5.11 Å². The average molecular weight is 454 g/mol. The number of imidazole rings is 1. The van der Waals surface area contributed by atoms with Gasteiger partial charge in [0.1, 0.15) is 29.3 Å².